The Morgan fingerprint density at radius 3 is 2.76 bits per heavy atom. The van der Waals surface area contributed by atoms with Crippen LogP contribution in [0.2, 0.25) is 0 Å². The molecule has 2 aliphatic heterocycles. The van der Waals surface area contributed by atoms with Crippen molar-refractivity contribution in [2.75, 3.05) is 25.2 Å². The summed E-state index contributed by atoms with van der Waals surface area (Å²) in [7, 11) is -3.71. The minimum Gasteiger partial charge on any atom is -0.476 e. The van der Waals surface area contributed by atoms with E-state index in [1.807, 2.05) is 37.3 Å². The van der Waals surface area contributed by atoms with Crippen molar-refractivity contribution < 1.29 is 31.5 Å². The molecule has 1 aromatic carbocycles. The molecule has 13 heteroatoms. The number of rotatable bonds is 9. The fraction of sp³-hybridized carbons (Fsp3) is 0.476. The Kier molecular flexibility index (Phi) is 4.67. The van der Waals surface area contributed by atoms with Crippen LogP contribution in [0.4, 0.5) is 5.95 Å². The maximum absolute atomic E-state index is 11.8. The van der Waals surface area contributed by atoms with E-state index in [2.05, 4.69) is 15.0 Å². The quantitative estimate of drug-likeness (QED) is 0.425. The normalized spacial score (nSPS) is 31.3. The second kappa shape index (κ2) is 7.33. The molecule has 2 saturated heterocycles. The molecule has 5 unspecified atom stereocenters. The van der Waals surface area contributed by atoms with Gasteiger partial charge in [-0.2, -0.15) is 18.4 Å². The van der Waals surface area contributed by atoms with Crippen LogP contribution >= 0.6 is 0 Å². The van der Waals surface area contributed by atoms with Crippen LogP contribution in [0, 0.1) is 0 Å². The van der Waals surface area contributed by atoms with Crippen molar-refractivity contribution in [2.45, 2.75) is 43.2 Å². The number of nitrogens with zero attached hydrogens (tertiary/aromatic N) is 4. The summed E-state index contributed by atoms with van der Waals surface area (Å²) in [6.45, 7) is 2.29. The zero-order valence-corrected chi connectivity index (χ0v) is 19.3. The highest BCUT2D eigenvalue weighted by Gasteiger charge is 2.97. The summed E-state index contributed by atoms with van der Waals surface area (Å²) in [4.78, 5) is 12.8. The summed E-state index contributed by atoms with van der Waals surface area (Å²) >= 11 is 0. The van der Waals surface area contributed by atoms with Crippen molar-refractivity contribution in [3.05, 3.63) is 42.2 Å². The molecule has 2 N–H and O–H groups in total. The van der Waals surface area contributed by atoms with Gasteiger partial charge in [-0.05, 0) is 12.5 Å². The summed E-state index contributed by atoms with van der Waals surface area (Å²) in [6, 6.07) is 9.67. The Morgan fingerprint density at radius 1 is 1.24 bits per heavy atom. The fourth-order valence-electron chi connectivity index (χ4n) is 4.96. The average molecular weight is 490 g/mol. The molecular formula is C21H23N5O7S. The lowest BCUT2D eigenvalue weighted by Gasteiger charge is -2.38. The Hall–Kier alpha value is -2.84. The van der Waals surface area contributed by atoms with Crippen LogP contribution in [-0.2, 0) is 35.1 Å². The first-order chi connectivity index (χ1) is 16.3. The Labute approximate surface area is 195 Å². The number of nitrogen functional groups attached to an aromatic ring is 1. The van der Waals surface area contributed by atoms with Crippen LogP contribution < -0.4 is 10.5 Å². The number of nitrogens with two attached hydrogens (primary N) is 1. The predicted octanol–water partition coefficient (Wildman–Crippen LogP) is 0.788. The maximum Gasteiger partial charge on any atom is 0.264 e. The molecule has 1 aliphatic carbocycles. The molecule has 180 valence electrons. The fourth-order valence-corrected chi connectivity index (χ4v) is 5.35. The van der Waals surface area contributed by atoms with Crippen molar-refractivity contribution in [3.8, 4) is 5.88 Å². The van der Waals surface area contributed by atoms with Gasteiger partial charge in [0, 0.05) is 0 Å². The second-order valence-corrected chi connectivity index (χ2v) is 10.2. The number of ether oxygens (including phenoxy) is 4. The Bertz CT molecular complexity index is 1370. The number of fused-ring (bicyclic) bond motifs is 2. The number of anilines is 1. The molecule has 3 fully saturated rings. The van der Waals surface area contributed by atoms with E-state index < -0.39 is 39.8 Å². The molecule has 3 aromatic rings. The maximum atomic E-state index is 11.8. The van der Waals surface area contributed by atoms with Crippen molar-refractivity contribution in [2.24, 2.45) is 0 Å². The molecule has 0 radical (unpaired) electrons. The van der Waals surface area contributed by atoms with Crippen molar-refractivity contribution in [1.29, 1.82) is 0 Å². The number of hydrogen-bond donors (Lipinski definition) is 1. The summed E-state index contributed by atoms with van der Waals surface area (Å²) in [5.41, 5.74) is 5.75. The average Bonchev–Trinajstić information content (AvgIpc) is 3.06. The van der Waals surface area contributed by atoms with E-state index in [-0.39, 0.29) is 18.4 Å². The molecule has 3 aliphatic rings. The first-order valence-electron chi connectivity index (χ1n) is 10.8. The SMILES string of the molecule is CCOc1nc(N)nc2c1ncn2C1OC2(COS(C)(=O)=O)C3OC1C32OCc1ccccc1. The van der Waals surface area contributed by atoms with Gasteiger partial charge in [0.1, 0.15) is 18.8 Å². The van der Waals surface area contributed by atoms with Gasteiger partial charge in [-0.1, -0.05) is 30.3 Å². The van der Waals surface area contributed by atoms with Crippen LogP contribution in [0.25, 0.3) is 11.2 Å². The number of hydrogen-bond acceptors (Lipinski definition) is 11. The molecule has 34 heavy (non-hydrogen) atoms. The third kappa shape index (κ3) is 2.98. The van der Waals surface area contributed by atoms with Crippen LogP contribution in [0.1, 0.15) is 18.7 Å². The van der Waals surface area contributed by atoms with Gasteiger partial charge in [-0.25, -0.2) is 4.98 Å². The monoisotopic (exact) mass is 489 g/mol. The van der Waals surface area contributed by atoms with Gasteiger partial charge in [0.2, 0.25) is 11.8 Å². The number of aromatic nitrogens is 4. The van der Waals surface area contributed by atoms with Gasteiger partial charge >= 0.3 is 0 Å². The van der Waals surface area contributed by atoms with Crippen LogP contribution in [-0.4, -0.2) is 70.8 Å². The molecule has 6 rings (SSSR count). The van der Waals surface area contributed by atoms with Crippen LogP contribution in [0.5, 0.6) is 5.88 Å². The highest BCUT2D eigenvalue weighted by Crippen LogP contribution is 2.74. The highest BCUT2D eigenvalue weighted by atomic mass is 32.2. The molecule has 0 spiro atoms. The van der Waals surface area contributed by atoms with E-state index in [0.717, 1.165) is 11.8 Å². The van der Waals surface area contributed by atoms with Gasteiger partial charge in [-0.15, -0.1) is 0 Å². The number of imidazole rings is 1. The molecule has 12 nitrogen and oxygen atoms in total. The molecule has 2 aromatic heterocycles. The lowest BCUT2D eigenvalue weighted by Crippen LogP contribution is -2.51. The van der Waals surface area contributed by atoms with Gasteiger partial charge in [0.25, 0.3) is 10.1 Å². The van der Waals surface area contributed by atoms with Gasteiger partial charge in [0.05, 0.1) is 25.8 Å². The topological polar surface area (TPSA) is 150 Å². The zero-order valence-electron chi connectivity index (χ0n) is 18.4. The molecular weight excluding hydrogens is 466 g/mol. The summed E-state index contributed by atoms with van der Waals surface area (Å²) < 4.78 is 54.8. The van der Waals surface area contributed by atoms with Crippen LogP contribution in [0.15, 0.2) is 36.7 Å². The molecule has 0 bridgehead atoms. The summed E-state index contributed by atoms with van der Waals surface area (Å²) in [5.74, 6) is 0.294. The standard InChI is InChI=1S/C21H23N5O7S/c1-3-29-16-13-15(24-19(22)25-16)26(11-23-13)17-14-21(30-9-12-7-5-4-6-8-12)18(32-14)20(21,33-17)10-31-34(2,27)28/h4-8,11,14,17-18H,3,9-10H2,1-2H3,(H2,22,24,25). The van der Waals surface area contributed by atoms with E-state index >= 15 is 0 Å². The lowest BCUT2D eigenvalue weighted by atomic mass is 10.1. The Balaban J connectivity index is 1.35. The smallest absolute Gasteiger partial charge is 0.264 e. The van der Waals surface area contributed by atoms with Crippen molar-refractivity contribution >= 4 is 27.2 Å². The third-order valence-electron chi connectivity index (χ3n) is 6.46. The predicted molar refractivity (Wildman–Crippen MR) is 117 cm³/mol. The largest absolute Gasteiger partial charge is 0.476 e. The van der Waals surface area contributed by atoms with E-state index in [4.69, 9.17) is 28.9 Å². The summed E-state index contributed by atoms with van der Waals surface area (Å²) in [6.07, 6.45) is 0.865. The Morgan fingerprint density at radius 2 is 2.03 bits per heavy atom. The molecule has 1 saturated carbocycles. The van der Waals surface area contributed by atoms with Crippen LogP contribution in [0.3, 0.4) is 0 Å². The van der Waals surface area contributed by atoms with Gasteiger partial charge < -0.3 is 24.7 Å². The third-order valence-corrected chi connectivity index (χ3v) is 7.00. The van der Waals surface area contributed by atoms with Crippen molar-refractivity contribution in [1.82, 2.24) is 19.5 Å². The zero-order chi connectivity index (χ0) is 23.7. The molecule has 5 atom stereocenters. The van der Waals surface area contributed by atoms with Gasteiger partial charge in [-0.3, -0.25) is 8.75 Å². The lowest BCUT2D eigenvalue weighted by molar-refractivity contribution is -0.247. The van der Waals surface area contributed by atoms with Gasteiger partial charge in [0.15, 0.2) is 28.6 Å². The molecule has 4 heterocycles. The number of benzene rings is 1. The minimum absolute atomic E-state index is 0.0263. The minimum atomic E-state index is -3.71. The summed E-state index contributed by atoms with van der Waals surface area (Å²) in [5, 5.41) is 0. The van der Waals surface area contributed by atoms with E-state index in [1.165, 1.54) is 0 Å². The van der Waals surface area contributed by atoms with E-state index in [9.17, 15) is 8.42 Å². The van der Waals surface area contributed by atoms with Crippen molar-refractivity contribution in [3.63, 3.8) is 0 Å². The first kappa shape index (κ1) is 21.7. The highest BCUT2D eigenvalue weighted by molar-refractivity contribution is 7.85. The van der Waals surface area contributed by atoms with E-state index in [0.29, 0.717) is 24.4 Å². The molecule has 0 amide bonds. The second-order valence-electron chi connectivity index (χ2n) is 8.51. The van der Waals surface area contributed by atoms with E-state index in [1.54, 1.807) is 10.9 Å². The first-order valence-corrected chi connectivity index (χ1v) is 12.6.